The number of allylic oxidation sites excluding steroid dienone is 4. The third-order valence-corrected chi connectivity index (χ3v) is 6.80. The lowest BCUT2D eigenvalue weighted by molar-refractivity contribution is -0.134. The molecule has 2 aromatic rings. The van der Waals surface area contributed by atoms with Crippen LogP contribution >= 0.6 is 0 Å². The van der Waals surface area contributed by atoms with E-state index in [9.17, 15) is 9.59 Å². The van der Waals surface area contributed by atoms with Crippen LogP contribution in [0.1, 0.15) is 49.3 Å². The molecule has 1 aromatic heterocycles. The van der Waals surface area contributed by atoms with E-state index in [0.717, 1.165) is 36.9 Å². The van der Waals surface area contributed by atoms with Crippen LogP contribution in [-0.4, -0.2) is 39.2 Å². The summed E-state index contributed by atoms with van der Waals surface area (Å²) in [6.45, 7) is 1.36. The number of amides is 1. The van der Waals surface area contributed by atoms with Gasteiger partial charge in [0.05, 0.1) is 18.4 Å². The topological polar surface area (TPSA) is 55.2 Å². The van der Waals surface area contributed by atoms with Gasteiger partial charge in [-0.25, -0.2) is 4.98 Å². The lowest BCUT2D eigenvalue weighted by Crippen LogP contribution is -2.41. The van der Waals surface area contributed by atoms with E-state index in [4.69, 9.17) is 0 Å². The van der Waals surface area contributed by atoms with Crippen LogP contribution in [0.4, 0.5) is 0 Å². The summed E-state index contributed by atoms with van der Waals surface area (Å²) in [5.74, 6) is 0.727. The number of hydrogen-bond donors (Lipinski definition) is 0. The summed E-state index contributed by atoms with van der Waals surface area (Å²) in [5.41, 5.74) is 4.80. The van der Waals surface area contributed by atoms with Gasteiger partial charge in [-0.2, -0.15) is 0 Å². The Labute approximate surface area is 177 Å². The minimum absolute atomic E-state index is 0.0610. The van der Waals surface area contributed by atoms with Crippen LogP contribution < -0.4 is 0 Å². The van der Waals surface area contributed by atoms with Gasteiger partial charge in [-0.3, -0.25) is 9.59 Å². The number of rotatable bonds is 5. The summed E-state index contributed by atoms with van der Waals surface area (Å²) in [6, 6.07) is 9.87. The van der Waals surface area contributed by atoms with E-state index in [1.165, 1.54) is 11.3 Å². The van der Waals surface area contributed by atoms with Crippen molar-refractivity contribution < 1.29 is 9.59 Å². The number of likely N-dealkylation sites (tertiary alicyclic amines) is 1. The Morgan fingerprint density at radius 3 is 2.70 bits per heavy atom. The van der Waals surface area contributed by atoms with Crippen molar-refractivity contribution in [1.29, 1.82) is 0 Å². The summed E-state index contributed by atoms with van der Waals surface area (Å²) in [4.78, 5) is 32.0. The lowest BCUT2D eigenvalue weighted by Gasteiger charge is -2.32. The fraction of sp³-hybridized carbons (Fsp3) is 0.400. The number of imidazole rings is 1. The van der Waals surface area contributed by atoms with Crippen molar-refractivity contribution in [3.05, 3.63) is 71.8 Å². The lowest BCUT2D eigenvalue weighted by atomic mass is 9.82. The molecule has 1 unspecified atom stereocenters. The van der Waals surface area contributed by atoms with E-state index in [0.29, 0.717) is 31.7 Å². The molecule has 1 aromatic carbocycles. The maximum absolute atomic E-state index is 13.2. The van der Waals surface area contributed by atoms with Crippen LogP contribution in [-0.2, 0) is 16.0 Å². The molecule has 0 spiro atoms. The van der Waals surface area contributed by atoms with Crippen LogP contribution in [0.15, 0.2) is 60.6 Å². The fourth-order valence-corrected chi connectivity index (χ4v) is 5.13. The molecule has 5 nitrogen and oxygen atoms in total. The standard InChI is InChI=1S/C25H27N3O2/c29-24(15-21-20-8-4-5-9-22(20)28-17-26-16-23(21)28)19-10-12-27(13-11-19)25(30)14-18-6-2-1-3-7-18/h1-3,5-7,9,16-17,19,21H,4,8,10-15H2. The smallest absolute Gasteiger partial charge is 0.226 e. The fourth-order valence-electron chi connectivity index (χ4n) is 5.13. The van der Waals surface area contributed by atoms with E-state index in [1.807, 2.05) is 47.8 Å². The Morgan fingerprint density at radius 1 is 1.10 bits per heavy atom. The Morgan fingerprint density at radius 2 is 1.90 bits per heavy atom. The average molecular weight is 402 g/mol. The molecule has 3 heterocycles. The molecule has 0 N–H and O–H groups in total. The third kappa shape index (κ3) is 3.53. The molecule has 0 bridgehead atoms. The van der Waals surface area contributed by atoms with Gasteiger partial charge in [-0.15, -0.1) is 0 Å². The second kappa shape index (κ2) is 8.05. The molecule has 0 saturated carbocycles. The molecule has 1 aliphatic carbocycles. The van der Waals surface area contributed by atoms with Crippen molar-refractivity contribution in [2.75, 3.05) is 13.1 Å². The van der Waals surface area contributed by atoms with Crippen molar-refractivity contribution in [2.24, 2.45) is 5.92 Å². The highest BCUT2D eigenvalue weighted by molar-refractivity contribution is 5.84. The van der Waals surface area contributed by atoms with Crippen LogP contribution in [0.2, 0.25) is 0 Å². The van der Waals surface area contributed by atoms with Crippen molar-refractivity contribution in [3.8, 4) is 0 Å². The number of aromatic nitrogens is 2. The number of carbonyl (C=O) groups is 2. The monoisotopic (exact) mass is 401 g/mol. The van der Waals surface area contributed by atoms with Crippen molar-refractivity contribution in [2.45, 2.75) is 44.4 Å². The van der Waals surface area contributed by atoms with Crippen LogP contribution in [0.5, 0.6) is 0 Å². The molecule has 0 radical (unpaired) electrons. The van der Waals surface area contributed by atoms with Gasteiger partial charge in [0.15, 0.2) is 0 Å². The number of hydrogen-bond acceptors (Lipinski definition) is 3. The molecular formula is C25H27N3O2. The normalized spacial score (nSPS) is 20.9. The molecular weight excluding hydrogens is 374 g/mol. The number of Topliss-reactive ketones (excluding diaryl/α,β-unsaturated/α-hetero) is 1. The molecule has 1 atom stereocenters. The van der Waals surface area contributed by atoms with E-state index in [2.05, 4.69) is 21.7 Å². The highest BCUT2D eigenvalue weighted by Crippen LogP contribution is 2.44. The molecule has 1 fully saturated rings. The molecule has 5 heteroatoms. The molecule has 3 aliphatic rings. The number of nitrogens with zero attached hydrogens (tertiary/aromatic N) is 3. The van der Waals surface area contributed by atoms with E-state index < -0.39 is 0 Å². The number of benzene rings is 1. The second-order valence-electron chi connectivity index (χ2n) is 8.58. The minimum Gasteiger partial charge on any atom is -0.342 e. The summed E-state index contributed by atoms with van der Waals surface area (Å²) in [7, 11) is 0. The van der Waals surface area contributed by atoms with Gasteiger partial charge in [0.2, 0.25) is 5.91 Å². The maximum atomic E-state index is 13.2. The highest BCUT2D eigenvalue weighted by Gasteiger charge is 2.35. The maximum Gasteiger partial charge on any atom is 0.226 e. The molecule has 1 saturated heterocycles. The predicted octanol–water partition coefficient (Wildman–Crippen LogP) is 3.98. The minimum atomic E-state index is 0.0610. The zero-order chi connectivity index (χ0) is 20.5. The third-order valence-electron chi connectivity index (χ3n) is 6.80. The van der Waals surface area contributed by atoms with Crippen molar-refractivity contribution >= 4 is 17.4 Å². The van der Waals surface area contributed by atoms with Crippen molar-refractivity contribution in [1.82, 2.24) is 14.5 Å². The Hall–Kier alpha value is -2.95. The summed E-state index contributed by atoms with van der Waals surface area (Å²) in [5, 5.41) is 0. The molecule has 1 amide bonds. The Kier molecular flexibility index (Phi) is 5.11. The summed E-state index contributed by atoms with van der Waals surface area (Å²) in [6.07, 6.45) is 12.8. The van der Waals surface area contributed by atoms with Gasteiger partial charge in [0, 0.05) is 43.2 Å². The SMILES string of the molecule is O=C(CC1C2=C(C=CCC2)n2cncc21)C1CCN(C(=O)Cc2ccccc2)CC1. The first-order chi connectivity index (χ1) is 14.7. The predicted molar refractivity (Wildman–Crippen MR) is 116 cm³/mol. The molecule has 2 aliphatic heterocycles. The van der Waals surface area contributed by atoms with Gasteiger partial charge in [-0.1, -0.05) is 36.4 Å². The zero-order valence-corrected chi connectivity index (χ0v) is 17.2. The van der Waals surface area contributed by atoms with E-state index in [1.54, 1.807) is 0 Å². The molecule has 5 rings (SSSR count). The zero-order valence-electron chi connectivity index (χ0n) is 17.2. The molecule has 154 valence electrons. The van der Waals surface area contributed by atoms with Gasteiger partial charge in [0.1, 0.15) is 5.78 Å². The number of carbonyl (C=O) groups excluding carboxylic acids is 2. The van der Waals surface area contributed by atoms with Gasteiger partial charge < -0.3 is 9.47 Å². The largest absolute Gasteiger partial charge is 0.342 e. The van der Waals surface area contributed by atoms with Crippen molar-refractivity contribution in [3.63, 3.8) is 0 Å². The second-order valence-corrected chi connectivity index (χ2v) is 8.58. The summed E-state index contributed by atoms with van der Waals surface area (Å²) < 4.78 is 2.15. The number of piperidine rings is 1. The summed E-state index contributed by atoms with van der Waals surface area (Å²) >= 11 is 0. The number of ketones is 1. The van der Waals surface area contributed by atoms with Crippen LogP contribution in [0.3, 0.4) is 0 Å². The Balaban J connectivity index is 1.19. The van der Waals surface area contributed by atoms with Crippen LogP contribution in [0.25, 0.3) is 5.70 Å². The van der Waals surface area contributed by atoms with E-state index >= 15 is 0 Å². The first-order valence-electron chi connectivity index (χ1n) is 11.0. The average Bonchev–Trinajstić information content (AvgIpc) is 3.37. The van der Waals surface area contributed by atoms with Crippen LogP contribution in [0, 0.1) is 5.92 Å². The van der Waals surface area contributed by atoms with Gasteiger partial charge in [-0.05, 0) is 42.9 Å². The first-order valence-corrected chi connectivity index (χ1v) is 11.0. The number of fused-ring (bicyclic) bond motifs is 2. The van der Waals surface area contributed by atoms with Gasteiger partial charge >= 0.3 is 0 Å². The first kappa shape index (κ1) is 19.0. The highest BCUT2D eigenvalue weighted by atomic mass is 16.2. The molecule has 30 heavy (non-hydrogen) atoms. The van der Waals surface area contributed by atoms with Gasteiger partial charge in [0.25, 0.3) is 0 Å². The quantitative estimate of drug-likeness (QED) is 0.761. The Bertz CT molecular complexity index is 1010. The van der Waals surface area contributed by atoms with E-state index in [-0.39, 0.29) is 17.7 Å².